The molecule has 2 amide bonds. The van der Waals surface area contributed by atoms with Crippen LogP contribution in [0, 0.1) is 0 Å². The molecule has 0 radical (unpaired) electrons. The molecule has 5 nitrogen and oxygen atoms in total. The summed E-state index contributed by atoms with van der Waals surface area (Å²) in [4.78, 5) is 36.6. The quantitative estimate of drug-likeness (QED) is 0.427. The summed E-state index contributed by atoms with van der Waals surface area (Å²) >= 11 is 6.38. The van der Waals surface area contributed by atoms with Gasteiger partial charge in [-0.1, -0.05) is 41.9 Å². The molecule has 1 aliphatic rings. The van der Waals surface area contributed by atoms with Crippen LogP contribution in [-0.4, -0.2) is 26.7 Å². The molecule has 1 atom stereocenters. The Morgan fingerprint density at radius 2 is 1.60 bits per heavy atom. The number of amides is 2. The van der Waals surface area contributed by atoms with Crippen molar-refractivity contribution in [3.8, 4) is 11.4 Å². The molecule has 146 valence electrons. The van der Waals surface area contributed by atoms with Crippen molar-refractivity contribution in [1.29, 1.82) is 0 Å². The fourth-order valence-corrected chi connectivity index (χ4v) is 4.13. The zero-order chi connectivity index (χ0) is 20.8. The summed E-state index contributed by atoms with van der Waals surface area (Å²) in [6.45, 7) is 1.83. The predicted octanol–water partition coefficient (Wildman–Crippen LogP) is 5.31. The van der Waals surface area contributed by atoms with Crippen LogP contribution < -0.4 is 0 Å². The van der Waals surface area contributed by atoms with E-state index in [0.29, 0.717) is 33.1 Å². The van der Waals surface area contributed by atoms with Crippen molar-refractivity contribution in [1.82, 2.24) is 14.9 Å². The number of carbonyl (C=O) groups is 2. The molecule has 4 aromatic rings. The predicted molar refractivity (Wildman–Crippen MR) is 115 cm³/mol. The molecule has 0 spiro atoms. The van der Waals surface area contributed by atoms with Crippen LogP contribution in [0.2, 0.25) is 5.02 Å². The van der Waals surface area contributed by atoms with E-state index in [2.05, 4.69) is 4.98 Å². The topological polar surface area (TPSA) is 63.2 Å². The Morgan fingerprint density at radius 3 is 2.27 bits per heavy atom. The molecule has 0 fully saturated rings. The van der Waals surface area contributed by atoms with Crippen molar-refractivity contribution < 1.29 is 9.59 Å². The van der Waals surface area contributed by atoms with Gasteiger partial charge in [0, 0.05) is 17.1 Å². The Morgan fingerprint density at radius 1 is 0.900 bits per heavy atom. The van der Waals surface area contributed by atoms with E-state index in [1.807, 2.05) is 43.3 Å². The number of fused-ring (bicyclic) bond motifs is 2. The lowest BCUT2D eigenvalue weighted by atomic mass is 10.00. The van der Waals surface area contributed by atoms with E-state index < -0.39 is 6.04 Å². The van der Waals surface area contributed by atoms with Crippen molar-refractivity contribution in [2.24, 2.45) is 0 Å². The number of nitrogens with zero attached hydrogens (tertiary/aromatic N) is 3. The Balaban J connectivity index is 1.70. The number of imide groups is 1. The second-order valence-electron chi connectivity index (χ2n) is 7.15. The summed E-state index contributed by atoms with van der Waals surface area (Å²) < 4.78 is 0. The molecule has 1 unspecified atom stereocenters. The maximum absolute atomic E-state index is 13.0. The van der Waals surface area contributed by atoms with Crippen molar-refractivity contribution in [2.75, 3.05) is 0 Å². The molecule has 2 aromatic heterocycles. The lowest BCUT2D eigenvalue weighted by Crippen LogP contribution is -2.33. The first-order valence-electron chi connectivity index (χ1n) is 9.54. The molecule has 30 heavy (non-hydrogen) atoms. The standard InChI is InChI=1S/C24H16ClN3O2/c1-14(28-23(29)16-8-2-3-9-17(16)24(28)30)18-13-15-7-6-10-19(25)21(15)27-22(18)20-11-4-5-12-26-20/h2-14H,1H3. The van der Waals surface area contributed by atoms with Gasteiger partial charge in [0.15, 0.2) is 0 Å². The Kier molecular flexibility index (Phi) is 4.33. The zero-order valence-electron chi connectivity index (χ0n) is 16.0. The van der Waals surface area contributed by atoms with Crippen LogP contribution in [0.5, 0.6) is 0 Å². The van der Waals surface area contributed by atoms with Crippen molar-refractivity contribution in [2.45, 2.75) is 13.0 Å². The number of pyridine rings is 2. The van der Waals surface area contributed by atoms with Crippen molar-refractivity contribution in [3.63, 3.8) is 0 Å². The Bertz CT molecular complexity index is 1290. The van der Waals surface area contributed by atoms with Gasteiger partial charge in [0.25, 0.3) is 11.8 Å². The first-order valence-corrected chi connectivity index (χ1v) is 9.91. The molecule has 0 saturated heterocycles. The summed E-state index contributed by atoms with van der Waals surface area (Å²) in [6.07, 6.45) is 1.68. The average Bonchev–Trinajstić information content (AvgIpc) is 3.04. The van der Waals surface area contributed by atoms with Crippen LogP contribution in [0.3, 0.4) is 0 Å². The summed E-state index contributed by atoms with van der Waals surface area (Å²) in [7, 11) is 0. The fraction of sp³-hybridized carbons (Fsp3) is 0.0833. The lowest BCUT2D eigenvalue weighted by molar-refractivity contribution is 0.0595. The smallest absolute Gasteiger partial charge is 0.262 e. The highest BCUT2D eigenvalue weighted by atomic mass is 35.5. The number of para-hydroxylation sites is 1. The number of carbonyl (C=O) groups excluding carboxylic acids is 2. The normalized spacial score (nSPS) is 14.3. The van der Waals surface area contributed by atoms with Crippen LogP contribution in [0.1, 0.15) is 39.2 Å². The lowest BCUT2D eigenvalue weighted by Gasteiger charge is -2.25. The SMILES string of the molecule is CC(c1cc2cccc(Cl)c2nc1-c1ccccn1)N1C(=O)c2ccccc2C1=O. The van der Waals surface area contributed by atoms with Gasteiger partial charge in [-0.2, -0.15) is 0 Å². The third-order valence-corrected chi connectivity index (χ3v) is 5.70. The van der Waals surface area contributed by atoms with E-state index in [0.717, 1.165) is 10.9 Å². The third kappa shape index (κ3) is 2.78. The average molecular weight is 414 g/mol. The maximum atomic E-state index is 13.0. The minimum atomic E-state index is -0.537. The summed E-state index contributed by atoms with van der Waals surface area (Å²) in [5, 5.41) is 1.37. The minimum Gasteiger partial charge on any atom is -0.269 e. The van der Waals surface area contributed by atoms with Gasteiger partial charge in [-0.25, -0.2) is 4.98 Å². The molecular formula is C24H16ClN3O2. The maximum Gasteiger partial charge on any atom is 0.262 e. The van der Waals surface area contributed by atoms with Gasteiger partial charge >= 0.3 is 0 Å². The molecule has 3 heterocycles. The van der Waals surface area contributed by atoms with Gasteiger partial charge in [0.1, 0.15) is 0 Å². The van der Waals surface area contributed by atoms with Gasteiger partial charge in [-0.15, -0.1) is 0 Å². The molecule has 6 heteroatoms. The van der Waals surface area contributed by atoms with Gasteiger partial charge in [0.2, 0.25) is 0 Å². The first-order chi connectivity index (χ1) is 14.6. The Hall–Kier alpha value is -3.57. The van der Waals surface area contributed by atoms with E-state index in [4.69, 9.17) is 16.6 Å². The number of aromatic nitrogens is 2. The molecule has 0 saturated carbocycles. The first kappa shape index (κ1) is 18.5. The highest BCUT2D eigenvalue weighted by molar-refractivity contribution is 6.35. The van der Waals surface area contributed by atoms with Crippen LogP contribution in [-0.2, 0) is 0 Å². The number of halogens is 1. The van der Waals surface area contributed by atoms with Crippen LogP contribution in [0.25, 0.3) is 22.3 Å². The summed E-state index contributed by atoms with van der Waals surface area (Å²) in [6, 6.07) is 19.4. The number of benzene rings is 2. The summed E-state index contributed by atoms with van der Waals surface area (Å²) in [5.74, 6) is -0.609. The molecule has 2 aromatic carbocycles. The van der Waals surface area contributed by atoms with Gasteiger partial charge in [0.05, 0.1) is 39.1 Å². The second kappa shape index (κ2) is 7.04. The second-order valence-corrected chi connectivity index (χ2v) is 7.56. The third-order valence-electron chi connectivity index (χ3n) is 5.40. The van der Waals surface area contributed by atoms with E-state index in [-0.39, 0.29) is 11.8 Å². The van der Waals surface area contributed by atoms with Gasteiger partial charge in [-0.3, -0.25) is 19.5 Å². The minimum absolute atomic E-state index is 0.304. The largest absolute Gasteiger partial charge is 0.269 e. The molecule has 1 aliphatic heterocycles. The van der Waals surface area contributed by atoms with E-state index >= 15 is 0 Å². The molecule has 5 rings (SSSR count). The van der Waals surface area contributed by atoms with E-state index in [1.54, 1.807) is 36.5 Å². The summed E-state index contributed by atoms with van der Waals surface area (Å²) in [5.41, 5.74) is 3.48. The number of hydrogen-bond donors (Lipinski definition) is 0. The number of rotatable bonds is 3. The fourth-order valence-electron chi connectivity index (χ4n) is 3.90. The van der Waals surface area contributed by atoms with Gasteiger partial charge < -0.3 is 0 Å². The monoisotopic (exact) mass is 413 g/mol. The number of hydrogen-bond acceptors (Lipinski definition) is 4. The van der Waals surface area contributed by atoms with Crippen molar-refractivity contribution in [3.05, 3.63) is 94.6 Å². The van der Waals surface area contributed by atoms with E-state index in [1.165, 1.54) is 4.90 Å². The van der Waals surface area contributed by atoms with Crippen LogP contribution in [0.4, 0.5) is 0 Å². The zero-order valence-corrected chi connectivity index (χ0v) is 16.8. The molecule has 0 bridgehead atoms. The van der Waals surface area contributed by atoms with Crippen LogP contribution in [0.15, 0.2) is 72.9 Å². The van der Waals surface area contributed by atoms with Gasteiger partial charge in [-0.05, 0) is 43.3 Å². The molecule has 0 aliphatic carbocycles. The highest BCUT2D eigenvalue weighted by Gasteiger charge is 2.39. The van der Waals surface area contributed by atoms with Crippen LogP contribution >= 0.6 is 11.6 Å². The molecule has 0 N–H and O–H groups in total. The van der Waals surface area contributed by atoms with Crippen molar-refractivity contribution >= 4 is 34.3 Å². The highest BCUT2D eigenvalue weighted by Crippen LogP contribution is 2.37. The Labute approximate surface area is 178 Å². The van der Waals surface area contributed by atoms with E-state index in [9.17, 15) is 9.59 Å². The molecular weight excluding hydrogens is 398 g/mol.